The average Bonchev–Trinajstić information content (AvgIpc) is 3.13. The van der Waals surface area contributed by atoms with Gasteiger partial charge in [-0.05, 0) is 30.3 Å². The maximum atomic E-state index is 2.33. The van der Waals surface area contributed by atoms with E-state index in [2.05, 4.69) is 24.3 Å². The minimum Gasteiger partial charge on any atom is -0.0624 e. The Morgan fingerprint density at radius 2 is 1.22 bits per heavy atom. The lowest BCUT2D eigenvalue weighted by atomic mass is 9.87. The van der Waals surface area contributed by atoms with Crippen LogP contribution >= 0.6 is 0 Å². The third kappa shape index (κ3) is 2.96. The Morgan fingerprint density at radius 3 is 1.67 bits per heavy atom. The van der Waals surface area contributed by atoms with Crippen molar-refractivity contribution in [1.29, 1.82) is 0 Å². The van der Waals surface area contributed by atoms with E-state index in [1.807, 2.05) is 0 Å². The van der Waals surface area contributed by atoms with E-state index in [4.69, 9.17) is 0 Å². The molecule has 0 nitrogen and oxygen atoms in total. The van der Waals surface area contributed by atoms with E-state index in [1.165, 1.54) is 64.2 Å². The van der Waals surface area contributed by atoms with Gasteiger partial charge in [-0.15, -0.1) is 0 Å². The fourth-order valence-corrected chi connectivity index (χ4v) is 4.05. The molecular weight excluding hydrogens is 216 g/mol. The van der Waals surface area contributed by atoms with Gasteiger partial charge in [0.05, 0.1) is 0 Å². The topological polar surface area (TPSA) is 0 Å². The highest BCUT2D eigenvalue weighted by atomic mass is 14.3. The summed E-state index contributed by atoms with van der Waals surface area (Å²) in [7, 11) is 0. The van der Waals surface area contributed by atoms with Gasteiger partial charge in [0.15, 0.2) is 0 Å². The third-order valence-corrected chi connectivity index (χ3v) is 5.09. The van der Waals surface area contributed by atoms with Crippen LogP contribution in [0.2, 0.25) is 0 Å². The summed E-state index contributed by atoms with van der Waals surface area (Å²) in [6, 6.07) is 0. The van der Waals surface area contributed by atoms with Crippen LogP contribution in [0.25, 0.3) is 0 Å². The van der Waals surface area contributed by atoms with Crippen LogP contribution in [0.3, 0.4) is 0 Å². The average molecular weight is 242 g/mol. The molecule has 98 valence electrons. The summed E-state index contributed by atoms with van der Waals surface area (Å²) >= 11 is 0. The van der Waals surface area contributed by atoms with Crippen molar-refractivity contribution in [3.05, 3.63) is 35.5 Å². The first-order valence-electron chi connectivity index (χ1n) is 7.98. The molecular formula is C18H26. The molecule has 0 saturated heterocycles. The molecule has 0 heterocycles. The molecule has 3 rings (SSSR count). The molecule has 0 amide bonds. The Kier molecular flexibility index (Phi) is 4.02. The summed E-state index contributed by atoms with van der Waals surface area (Å²) in [5, 5.41) is 0. The second-order valence-electron chi connectivity index (χ2n) is 6.49. The van der Waals surface area contributed by atoms with Gasteiger partial charge in [0.1, 0.15) is 0 Å². The Labute approximate surface area is 112 Å². The molecule has 0 spiro atoms. The molecule has 0 aromatic rings. The van der Waals surface area contributed by atoms with E-state index in [-0.39, 0.29) is 0 Å². The number of hydrogen-bond acceptors (Lipinski definition) is 0. The van der Waals surface area contributed by atoms with Gasteiger partial charge in [-0.3, -0.25) is 0 Å². The summed E-state index contributed by atoms with van der Waals surface area (Å²) in [6.07, 6.45) is 23.7. The Morgan fingerprint density at radius 1 is 0.778 bits per heavy atom. The highest BCUT2D eigenvalue weighted by molar-refractivity contribution is 5.43. The lowest BCUT2D eigenvalue weighted by Crippen LogP contribution is -2.03. The SMILES string of the molecule is C1=CC(=C(CC2CCCC2)CC2CCCC2)C=C1. The van der Waals surface area contributed by atoms with Crippen molar-refractivity contribution in [2.24, 2.45) is 11.8 Å². The summed E-state index contributed by atoms with van der Waals surface area (Å²) in [4.78, 5) is 0. The molecule has 0 aromatic heterocycles. The van der Waals surface area contributed by atoms with Crippen LogP contribution in [0.1, 0.15) is 64.2 Å². The predicted octanol–water partition coefficient (Wildman–Crippen LogP) is 5.57. The minimum atomic E-state index is 0.997. The van der Waals surface area contributed by atoms with E-state index < -0.39 is 0 Å². The van der Waals surface area contributed by atoms with Gasteiger partial charge in [0.2, 0.25) is 0 Å². The van der Waals surface area contributed by atoms with Gasteiger partial charge in [-0.2, -0.15) is 0 Å². The first kappa shape index (κ1) is 12.3. The standard InChI is InChI=1S/C18H26/c1-2-8-15(7-1)13-18(17-11-5-6-12-17)14-16-9-3-4-10-16/h5-6,11-12,15-16H,1-4,7-10,13-14H2. The highest BCUT2D eigenvalue weighted by Gasteiger charge is 2.22. The Balaban J connectivity index is 1.68. The lowest BCUT2D eigenvalue weighted by molar-refractivity contribution is 0.485. The van der Waals surface area contributed by atoms with Crippen LogP contribution in [0, 0.1) is 11.8 Å². The molecule has 3 aliphatic carbocycles. The molecule has 0 N–H and O–H groups in total. The zero-order valence-corrected chi connectivity index (χ0v) is 11.5. The fraction of sp³-hybridized carbons (Fsp3) is 0.667. The van der Waals surface area contributed by atoms with Crippen molar-refractivity contribution in [1.82, 2.24) is 0 Å². The zero-order chi connectivity index (χ0) is 12.2. The van der Waals surface area contributed by atoms with E-state index in [0.29, 0.717) is 0 Å². The summed E-state index contributed by atoms with van der Waals surface area (Å²) in [5.41, 5.74) is 3.33. The molecule has 0 atom stereocenters. The van der Waals surface area contributed by atoms with E-state index >= 15 is 0 Å². The molecule has 18 heavy (non-hydrogen) atoms. The van der Waals surface area contributed by atoms with Gasteiger partial charge >= 0.3 is 0 Å². The Hall–Kier alpha value is -0.780. The maximum absolute atomic E-state index is 2.33. The van der Waals surface area contributed by atoms with Gasteiger partial charge in [-0.25, -0.2) is 0 Å². The van der Waals surface area contributed by atoms with Crippen molar-refractivity contribution in [2.75, 3.05) is 0 Å². The Bertz CT molecular complexity index is 323. The van der Waals surface area contributed by atoms with E-state index in [0.717, 1.165) is 11.8 Å². The van der Waals surface area contributed by atoms with Gasteiger partial charge < -0.3 is 0 Å². The van der Waals surface area contributed by atoms with Gasteiger partial charge in [0, 0.05) is 0 Å². The monoisotopic (exact) mass is 242 g/mol. The number of allylic oxidation sites excluding steroid dienone is 6. The van der Waals surface area contributed by atoms with Crippen LogP contribution in [-0.4, -0.2) is 0 Å². The van der Waals surface area contributed by atoms with E-state index in [1.54, 1.807) is 11.1 Å². The first-order chi connectivity index (χ1) is 8.92. The minimum absolute atomic E-state index is 0.997. The third-order valence-electron chi connectivity index (χ3n) is 5.09. The molecule has 0 heteroatoms. The molecule has 0 radical (unpaired) electrons. The normalized spacial score (nSPS) is 24.6. The molecule has 3 aliphatic rings. The largest absolute Gasteiger partial charge is 0.0624 e. The number of hydrogen-bond donors (Lipinski definition) is 0. The van der Waals surface area contributed by atoms with Crippen LogP contribution in [0.15, 0.2) is 35.5 Å². The molecule has 2 fully saturated rings. The maximum Gasteiger partial charge on any atom is -0.0264 e. The van der Waals surface area contributed by atoms with Crippen molar-refractivity contribution < 1.29 is 0 Å². The highest BCUT2D eigenvalue weighted by Crippen LogP contribution is 2.37. The molecule has 0 aromatic carbocycles. The summed E-state index contributed by atoms with van der Waals surface area (Å²) in [6.45, 7) is 0. The van der Waals surface area contributed by atoms with Crippen molar-refractivity contribution in [3.8, 4) is 0 Å². The molecule has 0 aliphatic heterocycles. The molecule has 0 unspecified atom stereocenters. The molecule has 0 bridgehead atoms. The van der Waals surface area contributed by atoms with Crippen LogP contribution in [0.4, 0.5) is 0 Å². The quantitative estimate of drug-likeness (QED) is 0.604. The summed E-state index contributed by atoms with van der Waals surface area (Å²) < 4.78 is 0. The predicted molar refractivity (Wildman–Crippen MR) is 78.5 cm³/mol. The van der Waals surface area contributed by atoms with Gasteiger partial charge in [0.25, 0.3) is 0 Å². The van der Waals surface area contributed by atoms with Crippen molar-refractivity contribution in [2.45, 2.75) is 64.2 Å². The first-order valence-corrected chi connectivity index (χ1v) is 7.98. The van der Waals surface area contributed by atoms with Gasteiger partial charge in [-0.1, -0.05) is 81.2 Å². The van der Waals surface area contributed by atoms with E-state index in [9.17, 15) is 0 Å². The van der Waals surface area contributed by atoms with Crippen LogP contribution in [-0.2, 0) is 0 Å². The van der Waals surface area contributed by atoms with Crippen LogP contribution < -0.4 is 0 Å². The van der Waals surface area contributed by atoms with Crippen LogP contribution in [0.5, 0.6) is 0 Å². The van der Waals surface area contributed by atoms with Crippen molar-refractivity contribution >= 4 is 0 Å². The fourth-order valence-electron chi connectivity index (χ4n) is 4.05. The zero-order valence-electron chi connectivity index (χ0n) is 11.5. The smallest absolute Gasteiger partial charge is 0.0264 e. The lowest BCUT2D eigenvalue weighted by Gasteiger charge is -2.18. The number of rotatable bonds is 4. The van der Waals surface area contributed by atoms with Crippen molar-refractivity contribution in [3.63, 3.8) is 0 Å². The second kappa shape index (κ2) is 5.91. The summed E-state index contributed by atoms with van der Waals surface area (Å²) in [5.74, 6) is 1.99. The second-order valence-corrected chi connectivity index (χ2v) is 6.49. The molecule has 2 saturated carbocycles.